The standard InChI is InChI=1S/C19H26N4O2/c24-18(23-9-7-15-4-1-2-6-17(15)23)14-21-10-12-22(13-11-21)19(25)16-5-3-8-20-16/h1-2,4,6,16,20H,3,5,7-14H2/t16-/m0/s1. The molecular weight excluding hydrogens is 316 g/mol. The molecule has 134 valence electrons. The quantitative estimate of drug-likeness (QED) is 0.868. The van der Waals surface area contributed by atoms with Gasteiger partial charge in [-0.05, 0) is 37.4 Å². The normalized spacial score (nSPS) is 23.8. The van der Waals surface area contributed by atoms with E-state index in [0.717, 1.165) is 64.2 Å². The Balaban J connectivity index is 1.29. The molecule has 2 amide bonds. The number of piperazine rings is 1. The Morgan fingerprint density at radius 1 is 1.08 bits per heavy atom. The van der Waals surface area contributed by atoms with Crippen LogP contribution in [0.3, 0.4) is 0 Å². The number of carbonyl (C=O) groups is 2. The number of para-hydroxylation sites is 1. The Hall–Kier alpha value is -1.92. The molecule has 0 bridgehead atoms. The summed E-state index contributed by atoms with van der Waals surface area (Å²) in [6.45, 7) is 5.17. The van der Waals surface area contributed by atoms with Crippen molar-refractivity contribution in [3.8, 4) is 0 Å². The van der Waals surface area contributed by atoms with Crippen molar-refractivity contribution in [1.29, 1.82) is 0 Å². The third-order valence-corrected chi connectivity index (χ3v) is 5.59. The van der Waals surface area contributed by atoms with Crippen LogP contribution < -0.4 is 10.2 Å². The second-order valence-electron chi connectivity index (χ2n) is 7.17. The lowest BCUT2D eigenvalue weighted by molar-refractivity contribution is -0.135. The van der Waals surface area contributed by atoms with E-state index in [4.69, 9.17) is 0 Å². The number of hydrogen-bond donors (Lipinski definition) is 1. The maximum Gasteiger partial charge on any atom is 0.241 e. The van der Waals surface area contributed by atoms with Crippen LogP contribution in [0.4, 0.5) is 5.69 Å². The summed E-state index contributed by atoms with van der Waals surface area (Å²) in [7, 11) is 0. The lowest BCUT2D eigenvalue weighted by atomic mass is 10.2. The maximum absolute atomic E-state index is 12.7. The SMILES string of the molecule is O=C([C@@H]1CCCN1)N1CCN(CC(=O)N2CCc3ccccc32)CC1. The number of carbonyl (C=O) groups excluding carboxylic acids is 2. The van der Waals surface area contributed by atoms with E-state index in [0.29, 0.717) is 6.54 Å². The number of nitrogens with zero attached hydrogens (tertiary/aromatic N) is 3. The lowest BCUT2D eigenvalue weighted by Gasteiger charge is -2.36. The highest BCUT2D eigenvalue weighted by molar-refractivity contribution is 5.96. The molecule has 1 atom stereocenters. The molecule has 3 aliphatic heterocycles. The van der Waals surface area contributed by atoms with Crippen LogP contribution in [0.1, 0.15) is 18.4 Å². The monoisotopic (exact) mass is 342 g/mol. The molecule has 0 aromatic heterocycles. The molecular formula is C19H26N4O2. The van der Waals surface area contributed by atoms with Gasteiger partial charge in [0.1, 0.15) is 0 Å². The molecule has 1 aromatic carbocycles. The minimum Gasteiger partial charge on any atom is -0.339 e. The zero-order valence-electron chi connectivity index (χ0n) is 14.6. The van der Waals surface area contributed by atoms with Crippen LogP contribution in [0.15, 0.2) is 24.3 Å². The molecule has 0 unspecified atom stereocenters. The minimum atomic E-state index is 0.00860. The van der Waals surface area contributed by atoms with Crippen LogP contribution in [0.5, 0.6) is 0 Å². The highest BCUT2D eigenvalue weighted by atomic mass is 16.2. The Bertz CT molecular complexity index is 649. The van der Waals surface area contributed by atoms with Crippen molar-refractivity contribution in [1.82, 2.24) is 15.1 Å². The summed E-state index contributed by atoms with van der Waals surface area (Å²) < 4.78 is 0. The fraction of sp³-hybridized carbons (Fsp3) is 0.579. The van der Waals surface area contributed by atoms with E-state index in [1.54, 1.807) is 0 Å². The summed E-state index contributed by atoms with van der Waals surface area (Å²) in [6.07, 6.45) is 2.98. The first-order valence-corrected chi connectivity index (χ1v) is 9.35. The highest BCUT2D eigenvalue weighted by Gasteiger charge is 2.31. The van der Waals surface area contributed by atoms with Crippen LogP contribution >= 0.6 is 0 Å². The molecule has 3 heterocycles. The van der Waals surface area contributed by atoms with Crippen LogP contribution in [0.25, 0.3) is 0 Å². The van der Waals surface area contributed by atoms with E-state index < -0.39 is 0 Å². The first kappa shape index (κ1) is 16.5. The van der Waals surface area contributed by atoms with E-state index >= 15 is 0 Å². The van der Waals surface area contributed by atoms with Gasteiger partial charge in [0.2, 0.25) is 11.8 Å². The number of nitrogens with one attached hydrogen (secondary N) is 1. The molecule has 1 aromatic rings. The molecule has 4 rings (SSSR count). The molecule has 3 aliphatic rings. The average molecular weight is 342 g/mol. The molecule has 6 heteroatoms. The minimum absolute atomic E-state index is 0.00860. The topological polar surface area (TPSA) is 55.9 Å². The summed E-state index contributed by atoms with van der Waals surface area (Å²) >= 11 is 0. The molecule has 25 heavy (non-hydrogen) atoms. The molecule has 0 aliphatic carbocycles. The Morgan fingerprint density at radius 3 is 2.64 bits per heavy atom. The largest absolute Gasteiger partial charge is 0.339 e. The Morgan fingerprint density at radius 2 is 1.88 bits per heavy atom. The van der Waals surface area contributed by atoms with Gasteiger partial charge >= 0.3 is 0 Å². The highest BCUT2D eigenvalue weighted by Crippen LogP contribution is 2.27. The molecule has 2 saturated heterocycles. The molecule has 2 fully saturated rings. The van der Waals surface area contributed by atoms with E-state index in [1.165, 1.54) is 5.56 Å². The van der Waals surface area contributed by atoms with Crippen molar-refractivity contribution in [2.45, 2.75) is 25.3 Å². The number of benzene rings is 1. The van der Waals surface area contributed by atoms with Crippen molar-refractivity contribution in [3.63, 3.8) is 0 Å². The van der Waals surface area contributed by atoms with Gasteiger partial charge in [-0.3, -0.25) is 14.5 Å². The third kappa shape index (κ3) is 3.41. The Labute approximate surface area is 148 Å². The maximum atomic E-state index is 12.7. The van der Waals surface area contributed by atoms with Crippen LogP contribution in [0.2, 0.25) is 0 Å². The van der Waals surface area contributed by atoms with Gasteiger partial charge in [0.25, 0.3) is 0 Å². The van der Waals surface area contributed by atoms with E-state index in [9.17, 15) is 9.59 Å². The first-order chi connectivity index (χ1) is 12.2. The fourth-order valence-electron chi connectivity index (χ4n) is 4.12. The summed E-state index contributed by atoms with van der Waals surface area (Å²) in [5.74, 6) is 0.402. The zero-order chi connectivity index (χ0) is 17.2. The molecule has 1 N–H and O–H groups in total. The van der Waals surface area contributed by atoms with Gasteiger partial charge in [0.15, 0.2) is 0 Å². The zero-order valence-corrected chi connectivity index (χ0v) is 14.6. The number of anilines is 1. The Kier molecular flexibility index (Phi) is 4.72. The molecule has 0 saturated carbocycles. The predicted molar refractivity (Wildman–Crippen MR) is 96.5 cm³/mol. The summed E-state index contributed by atoms with van der Waals surface area (Å²) in [5.41, 5.74) is 2.32. The van der Waals surface area contributed by atoms with Gasteiger partial charge in [0, 0.05) is 38.4 Å². The van der Waals surface area contributed by atoms with Gasteiger partial charge in [-0.1, -0.05) is 18.2 Å². The van der Waals surface area contributed by atoms with Crippen molar-refractivity contribution >= 4 is 17.5 Å². The third-order valence-electron chi connectivity index (χ3n) is 5.59. The van der Waals surface area contributed by atoms with Crippen molar-refractivity contribution in [3.05, 3.63) is 29.8 Å². The van der Waals surface area contributed by atoms with Gasteiger partial charge in [0.05, 0.1) is 12.6 Å². The molecule has 6 nitrogen and oxygen atoms in total. The molecule has 0 radical (unpaired) electrons. The van der Waals surface area contributed by atoms with E-state index in [1.807, 2.05) is 28.0 Å². The number of fused-ring (bicyclic) bond motifs is 1. The van der Waals surface area contributed by atoms with E-state index in [-0.39, 0.29) is 17.9 Å². The van der Waals surface area contributed by atoms with Crippen molar-refractivity contribution in [2.24, 2.45) is 0 Å². The fourth-order valence-corrected chi connectivity index (χ4v) is 4.12. The summed E-state index contributed by atoms with van der Waals surface area (Å²) in [6, 6.07) is 8.16. The lowest BCUT2D eigenvalue weighted by Crippen LogP contribution is -2.54. The van der Waals surface area contributed by atoms with Gasteiger partial charge < -0.3 is 15.1 Å². The van der Waals surface area contributed by atoms with Crippen molar-refractivity contribution < 1.29 is 9.59 Å². The predicted octanol–water partition coefficient (Wildman–Crippen LogP) is 0.472. The van der Waals surface area contributed by atoms with Crippen LogP contribution in [-0.4, -0.2) is 73.5 Å². The van der Waals surface area contributed by atoms with Crippen LogP contribution in [-0.2, 0) is 16.0 Å². The second-order valence-corrected chi connectivity index (χ2v) is 7.17. The summed E-state index contributed by atoms with van der Waals surface area (Å²) in [5, 5.41) is 3.28. The summed E-state index contributed by atoms with van der Waals surface area (Å²) in [4.78, 5) is 31.2. The number of amides is 2. The van der Waals surface area contributed by atoms with Gasteiger partial charge in [-0.15, -0.1) is 0 Å². The number of rotatable bonds is 3. The molecule has 0 spiro atoms. The average Bonchev–Trinajstić information content (AvgIpc) is 3.31. The van der Waals surface area contributed by atoms with E-state index in [2.05, 4.69) is 16.3 Å². The van der Waals surface area contributed by atoms with Gasteiger partial charge in [-0.25, -0.2) is 0 Å². The number of hydrogen-bond acceptors (Lipinski definition) is 4. The first-order valence-electron chi connectivity index (χ1n) is 9.35. The van der Waals surface area contributed by atoms with Gasteiger partial charge in [-0.2, -0.15) is 0 Å². The van der Waals surface area contributed by atoms with Crippen LogP contribution in [0, 0.1) is 0 Å². The second kappa shape index (κ2) is 7.14. The van der Waals surface area contributed by atoms with Crippen molar-refractivity contribution in [2.75, 3.05) is 50.7 Å². The smallest absolute Gasteiger partial charge is 0.241 e.